The molecule has 1 heterocycles. The molecule has 2 N–H and O–H groups in total. The highest BCUT2D eigenvalue weighted by molar-refractivity contribution is 6.30. The van der Waals surface area contributed by atoms with E-state index in [1.54, 1.807) is 24.3 Å². The highest BCUT2D eigenvalue weighted by Gasteiger charge is 2.52. The van der Waals surface area contributed by atoms with E-state index in [0.717, 1.165) is 19.3 Å². The fraction of sp³-hybridized carbons (Fsp3) is 0.556. The second-order valence-corrected chi connectivity index (χ2v) is 7.31. The van der Waals surface area contributed by atoms with Gasteiger partial charge in [0.1, 0.15) is 5.54 Å². The van der Waals surface area contributed by atoms with E-state index in [2.05, 4.69) is 5.32 Å². The predicted octanol–water partition coefficient (Wildman–Crippen LogP) is 3.19. The first kappa shape index (κ1) is 17.2. The number of nitrogens with zero attached hydrogens (tertiary/aromatic N) is 1. The first-order valence-electron chi connectivity index (χ1n) is 8.53. The van der Waals surface area contributed by atoms with E-state index in [9.17, 15) is 14.7 Å². The van der Waals surface area contributed by atoms with Crippen molar-refractivity contribution in [2.75, 3.05) is 6.54 Å². The first-order valence-corrected chi connectivity index (χ1v) is 8.90. The van der Waals surface area contributed by atoms with Crippen LogP contribution in [0.4, 0.5) is 4.79 Å². The van der Waals surface area contributed by atoms with Crippen LogP contribution in [0.5, 0.6) is 0 Å². The summed E-state index contributed by atoms with van der Waals surface area (Å²) in [6.45, 7) is 1.93. The Kier molecular flexibility index (Phi) is 4.58. The van der Waals surface area contributed by atoms with Crippen LogP contribution >= 0.6 is 11.6 Å². The molecule has 0 spiro atoms. The van der Waals surface area contributed by atoms with Crippen molar-refractivity contribution in [2.24, 2.45) is 0 Å². The molecule has 1 saturated carbocycles. The van der Waals surface area contributed by atoms with Gasteiger partial charge in [-0.3, -0.25) is 9.69 Å². The standard InChI is InChI=1S/C18H23ClN2O3/c1-2-18(13-6-8-14(19)9-7-13)15(22)21(16(23)20-18)12-17(24)10-4-3-5-11-17/h6-9,24H,2-5,10-12H2,1H3,(H,20,23). The lowest BCUT2D eigenvalue weighted by molar-refractivity contribution is -0.135. The lowest BCUT2D eigenvalue weighted by atomic mass is 9.83. The summed E-state index contributed by atoms with van der Waals surface area (Å²) in [6.07, 6.45) is 4.64. The molecule has 5 nitrogen and oxygen atoms in total. The molecule has 2 aliphatic rings. The van der Waals surface area contributed by atoms with Gasteiger partial charge in [0.05, 0.1) is 12.1 Å². The number of halogens is 1. The van der Waals surface area contributed by atoms with Crippen molar-refractivity contribution in [1.29, 1.82) is 0 Å². The number of urea groups is 1. The Labute approximate surface area is 147 Å². The van der Waals surface area contributed by atoms with Crippen LogP contribution in [0.15, 0.2) is 24.3 Å². The number of imide groups is 1. The van der Waals surface area contributed by atoms with E-state index in [4.69, 9.17) is 11.6 Å². The van der Waals surface area contributed by atoms with Gasteiger partial charge in [-0.1, -0.05) is 49.9 Å². The molecule has 0 bridgehead atoms. The fourth-order valence-corrected chi connectivity index (χ4v) is 3.93. The third kappa shape index (κ3) is 2.91. The van der Waals surface area contributed by atoms with Gasteiger partial charge in [-0.05, 0) is 37.0 Å². The van der Waals surface area contributed by atoms with Crippen LogP contribution in [0.3, 0.4) is 0 Å². The molecular weight excluding hydrogens is 328 g/mol. The molecule has 130 valence electrons. The van der Waals surface area contributed by atoms with Gasteiger partial charge >= 0.3 is 6.03 Å². The predicted molar refractivity (Wildman–Crippen MR) is 91.7 cm³/mol. The van der Waals surface area contributed by atoms with E-state index in [0.29, 0.717) is 29.8 Å². The molecule has 6 heteroatoms. The van der Waals surface area contributed by atoms with Crippen molar-refractivity contribution < 1.29 is 14.7 Å². The van der Waals surface area contributed by atoms with Gasteiger partial charge in [0.2, 0.25) is 0 Å². The van der Waals surface area contributed by atoms with Gasteiger partial charge in [0.15, 0.2) is 0 Å². The summed E-state index contributed by atoms with van der Waals surface area (Å²) in [4.78, 5) is 26.7. The summed E-state index contributed by atoms with van der Waals surface area (Å²) in [7, 11) is 0. The van der Waals surface area contributed by atoms with Crippen LogP contribution in [-0.2, 0) is 10.3 Å². The van der Waals surface area contributed by atoms with Gasteiger partial charge in [-0.15, -0.1) is 0 Å². The Morgan fingerprint density at radius 2 is 1.79 bits per heavy atom. The number of benzene rings is 1. The Hall–Kier alpha value is -1.59. The molecule has 24 heavy (non-hydrogen) atoms. The normalized spacial score (nSPS) is 26.5. The molecule has 1 saturated heterocycles. The quantitative estimate of drug-likeness (QED) is 0.819. The number of carbonyl (C=O) groups is 2. The van der Waals surface area contributed by atoms with Crippen LogP contribution < -0.4 is 5.32 Å². The monoisotopic (exact) mass is 350 g/mol. The summed E-state index contributed by atoms with van der Waals surface area (Å²) < 4.78 is 0. The zero-order chi connectivity index (χ0) is 17.4. The second-order valence-electron chi connectivity index (χ2n) is 6.87. The van der Waals surface area contributed by atoms with Crippen molar-refractivity contribution in [3.63, 3.8) is 0 Å². The molecule has 3 rings (SSSR count). The number of carbonyl (C=O) groups excluding carboxylic acids is 2. The molecular formula is C18H23ClN2O3. The number of amides is 3. The maximum Gasteiger partial charge on any atom is 0.325 e. The molecule has 1 unspecified atom stereocenters. The second kappa shape index (κ2) is 6.37. The van der Waals surface area contributed by atoms with Crippen molar-refractivity contribution in [3.05, 3.63) is 34.9 Å². The van der Waals surface area contributed by atoms with Crippen molar-refractivity contribution >= 4 is 23.5 Å². The van der Waals surface area contributed by atoms with Crippen LogP contribution in [0.1, 0.15) is 51.0 Å². The first-order chi connectivity index (χ1) is 11.4. The zero-order valence-electron chi connectivity index (χ0n) is 13.8. The van der Waals surface area contributed by atoms with Crippen LogP contribution in [0.25, 0.3) is 0 Å². The van der Waals surface area contributed by atoms with Gasteiger partial charge < -0.3 is 10.4 Å². The van der Waals surface area contributed by atoms with Crippen LogP contribution in [-0.4, -0.2) is 34.1 Å². The molecule has 1 aliphatic carbocycles. The van der Waals surface area contributed by atoms with Gasteiger partial charge in [0.25, 0.3) is 5.91 Å². The number of β-amino-alcohol motifs (C(OH)–C–C–N with tert-alkyl or cyclic N) is 1. The Balaban J connectivity index is 1.87. The molecule has 1 aromatic carbocycles. The molecule has 2 fully saturated rings. The topological polar surface area (TPSA) is 69.6 Å². The third-order valence-electron chi connectivity index (χ3n) is 5.28. The van der Waals surface area contributed by atoms with Crippen molar-refractivity contribution in [3.8, 4) is 0 Å². The lowest BCUT2D eigenvalue weighted by Crippen LogP contribution is -2.48. The third-order valence-corrected chi connectivity index (χ3v) is 5.53. The average molecular weight is 351 g/mol. The van der Waals surface area contributed by atoms with E-state index in [-0.39, 0.29) is 12.5 Å². The van der Waals surface area contributed by atoms with Gasteiger partial charge in [-0.25, -0.2) is 4.79 Å². The molecule has 1 aromatic rings. The van der Waals surface area contributed by atoms with Crippen molar-refractivity contribution in [2.45, 2.75) is 56.6 Å². The molecule has 1 atom stereocenters. The van der Waals surface area contributed by atoms with E-state index >= 15 is 0 Å². The van der Waals surface area contributed by atoms with Crippen molar-refractivity contribution in [1.82, 2.24) is 10.2 Å². The number of nitrogens with one attached hydrogen (secondary N) is 1. The van der Waals surface area contributed by atoms with Crippen LogP contribution in [0, 0.1) is 0 Å². The molecule has 0 radical (unpaired) electrons. The summed E-state index contributed by atoms with van der Waals surface area (Å²) in [6, 6.07) is 6.53. The highest BCUT2D eigenvalue weighted by atomic mass is 35.5. The smallest absolute Gasteiger partial charge is 0.325 e. The fourth-order valence-electron chi connectivity index (χ4n) is 3.81. The van der Waals surface area contributed by atoms with Gasteiger partial charge in [0, 0.05) is 5.02 Å². The lowest BCUT2D eigenvalue weighted by Gasteiger charge is -2.34. The van der Waals surface area contributed by atoms with E-state index < -0.39 is 17.2 Å². The maximum atomic E-state index is 13.1. The summed E-state index contributed by atoms with van der Waals surface area (Å²) >= 11 is 5.93. The minimum absolute atomic E-state index is 0.0625. The number of rotatable bonds is 4. The minimum Gasteiger partial charge on any atom is -0.388 e. The number of hydrogen-bond acceptors (Lipinski definition) is 3. The maximum absolute atomic E-state index is 13.1. The summed E-state index contributed by atoms with van der Waals surface area (Å²) in [5.74, 6) is -0.295. The van der Waals surface area contributed by atoms with E-state index in [1.807, 2.05) is 6.92 Å². The largest absolute Gasteiger partial charge is 0.388 e. The Bertz CT molecular complexity index is 640. The average Bonchev–Trinajstić information content (AvgIpc) is 2.81. The SMILES string of the molecule is CCC1(c2ccc(Cl)cc2)NC(=O)N(CC2(O)CCCCC2)C1=O. The Morgan fingerprint density at radius 3 is 2.38 bits per heavy atom. The minimum atomic E-state index is -1.08. The van der Waals surface area contributed by atoms with Gasteiger partial charge in [-0.2, -0.15) is 0 Å². The number of aliphatic hydroxyl groups is 1. The molecule has 3 amide bonds. The van der Waals surface area contributed by atoms with Crippen LogP contribution in [0.2, 0.25) is 5.02 Å². The van der Waals surface area contributed by atoms with E-state index in [1.165, 1.54) is 4.90 Å². The molecule has 1 aliphatic heterocycles. The zero-order valence-corrected chi connectivity index (χ0v) is 14.6. The summed E-state index contributed by atoms with van der Waals surface area (Å²) in [5, 5.41) is 14.1. The molecule has 0 aromatic heterocycles. The number of hydrogen-bond donors (Lipinski definition) is 2. The highest BCUT2D eigenvalue weighted by Crippen LogP contribution is 2.36. The summed E-state index contributed by atoms with van der Waals surface area (Å²) in [5.41, 5.74) is -1.33. The Morgan fingerprint density at radius 1 is 1.17 bits per heavy atom.